The lowest BCUT2D eigenvalue weighted by molar-refractivity contribution is -0.123. The van der Waals surface area contributed by atoms with Gasteiger partial charge in [0.2, 0.25) is 0 Å². The molecule has 49 heavy (non-hydrogen) atoms. The zero-order chi connectivity index (χ0) is 34.8. The van der Waals surface area contributed by atoms with Crippen LogP contribution in [0.1, 0.15) is 32.8 Å². The summed E-state index contributed by atoms with van der Waals surface area (Å²) in [7, 11) is 4.23. The van der Waals surface area contributed by atoms with E-state index in [4.69, 9.17) is 14.2 Å². The van der Waals surface area contributed by atoms with Crippen LogP contribution in [0.4, 0.5) is 4.39 Å². The van der Waals surface area contributed by atoms with Gasteiger partial charge in [0.05, 0.1) is 13.2 Å². The number of amides is 3. The van der Waals surface area contributed by atoms with Gasteiger partial charge in [-0.2, -0.15) is 0 Å². The van der Waals surface area contributed by atoms with Crippen molar-refractivity contribution in [1.29, 1.82) is 0 Å². The number of hydrogen-bond acceptors (Lipinski definition) is 8. The highest BCUT2D eigenvalue weighted by atomic mass is 19.1. The van der Waals surface area contributed by atoms with E-state index in [9.17, 15) is 28.4 Å². The Bertz CT molecular complexity index is 2080. The van der Waals surface area contributed by atoms with Crippen molar-refractivity contribution in [2.24, 2.45) is 14.1 Å². The summed E-state index contributed by atoms with van der Waals surface area (Å²) in [4.78, 5) is 66.6. The van der Waals surface area contributed by atoms with E-state index in [-0.39, 0.29) is 49.7 Å². The van der Waals surface area contributed by atoms with Gasteiger partial charge in [0.1, 0.15) is 34.9 Å². The lowest BCUT2D eigenvalue weighted by Gasteiger charge is -2.39. The van der Waals surface area contributed by atoms with Crippen LogP contribution in [0.15, 0.2) is 76.3 Å². The number of benzene rings is 3. The van der Waals surface area contributed by atoms with Gasteiger partial charge in [0.25, 0.3) is 23.3 Å². The third kappa shape index (κ3) is 7.03. The number of carbonyl (C=O) groups excluding carboxylic acids is 3. The van der Waals surface area contributed by atoms with E-state index in [2.05, 4.69) is 10.6 Å². The molecule has 14 heteroatoms. The van der Waals surface area contributed by atoms with Gasteiger partial charge in [-0.3, -0.25) is 28.3 Å². The first-order valence-electron chi connectivity index (χ1n) is 15.5. The fourth-order valence-corrected chi connectivity index (χ4v) is 5.94. The molecule has 2 aliphatic rings. The van der Waals surface area contributed by atoms with Crippen molar-refractivity contribution >= 4 is 17.7 Å². The van der Waals surface area contributed by atoms with E-state index in [1.165, 1.54) is 38.2 Å². The molecule has 6 bridgehead atoms. The highest BCUT2D eigenvalue weighted by Crippen LogP contribution is 2.33. The van der Waals surface area contributed by atoms with E-state index in [0.717, 1.165) is 15.2 Å². The maximum Gasteiger partial charge on any atom is 0.331 e. The predicted octanol–water partition coefficient (Wildman–Crippen LogP) is 2.00. The summed E-state index contributed by atoms with van der Waals surface area (Å²) in [5.74, 6) is -0.988. The molecule has 0 saturated carbocycles. The van der Waals surface area contributed by atoms with E-state index in [0.29, 0.717) is 28.2 Å². The molecule has 4 aromatic rings. The molecule has 0 radical (unpaired) electrons. The number of methoxy groups -OCH3 is 1. The number of ether oxygens (including phenoxy) is 3. The molecule has 3 amide bonds. The third-order valence-electron chi connectivity index (χ3n) is 8.58. The largest absolute Gasteiger partial charge is 0.496 e. The Hall–Kier alpha value is -5.92. The standard InChI is InChI=1S/C35H34FN5O8/c1-39-28(16-32(43)40(2)35(39)46)34(45)41-10-9-30-27(18-41)38-33(44)22-7-8-29(47-3)26(14-22)21-5-4-6-24(13-21)48-19-31(42)37-17-20-11-23(36)15-25(12-20)49-30/h4-8,11-16,27,30H,9-10,17-19H2,1-3H3,(H,37,42)(H,38,44)/t27-,30-/m1/s1. The zero-order valence-electron chi connectivity index (χ0n) is 27.0. The Morgan fingerprint density at radius 1 is 0.939 bits per heavy atom. The van der Waals surface area contributed by atoms with Crippen molar-refractivity contribution in [3.8, 4) is 28.4 Å². The number of fused-ring (bicyclic) bond motifs is 8. The lowest BCUT2D eigenvalue weighted by Crippen LogP contribution is -2.58. The highest BCUT2D eigenvalue weighted by Gasteiger charge is 2.36. The van der Waals surface area contributed by atoms with Crippen LogP contribution in [0.25, 0.3) is 11.1 Å². The minimum atomic E-state index is -0.801. The SMILES string of the molecule is COc1ccc2cc1-c1cccc(c1)OCC(=O)NCc1cc(F)cc(c1)O[C@@H]1CCN(C(=O)c3cc(=O)n(C)c(=O)n3C)C[C@H]1NC2=O. The summed E-state index contributed by atoms with van der Waals surface area (Å²) in [6, 6.07) is 16.2. The van der Waals surface area contributed by atoms with Crippen LogP contribution >= 0.6 is 0 Å². The van der Waals surface area contributed by atoms with Crippen molar-refractivity contribution in [2.75, 3.05) is 26.8 Å². The average Bonchev–Trinajstić information content (AvgIpc) is 3.10. The predicted molar refractivity (Wildman–Crippen MR) is 175 cm³/mol. The van der Waals surface area contributed by atoms with E-state index in [1.54, 1.807) is 42.5 Å². The first-order valence-corrected chi connectivity index (χ1v) is 15.5. The van der Waals surface area contributed by atoms with E-state index >= 15 is 0 Å². The molecule has 3 heterocycles. The van der Waals surface area contributed by atoms with Crippen LogP contribution in [0.2, 0.25) is 0 Å². The van der Waals surface area contributed by atoms with Crippen LogP contribution in [0.5, 0.6) is 17.2 Å². The molecule has 2 N–H and O–H groups in total. The zero-order valence-corrected chi connectivity index (χ0v) is 27.0. The summed E-state index contributed by atoms with van der Waals surface area (Å²) >= 11 is 0. The quantitative estimate of drug-likeness (QED) is 0.329. The molecule has 0 spiro atoms. The van der Waals surface area contributed by atoms with Crippen molar-refractivity contribution in [3.05, 3.63) is 110 Å². The summed E-state index contributed by atoms with van der Waals surface area (Å²) in [5, 5.41) is 5.71. The third-order valence-corrected chi connectivity index (χ3v) is 8.58. The number of hydrogen-bond donors (Lipinski definition) is 2. The summed E-state index contributed by atoms with van der Waals surface area (Å²) in [5.41, 5.74) is 0.598. The van der Waals surface area contributed by atoms with Gasteiger partial charge >= 0.3 is 5.69 Å². The first-order chi connectivity index (χ1) is 23.5. The number of aromatic nitrogens is 2. The van der Waals surface area contributed by atoms with Gasteiger partial charge in [-0.25, -0.2) is 9.18 Å². The van der Waals surface area contributed by atoms with E-state index in [1.807, 2.05) is 6.07 Å². The molecular weight excluding hydrogens is 637 g/mol. The van der Waals surface area contributed by atoms with Gasteiger partial charge in [-0.15, -0.1) is 0 Å². The Labute approximate surface area is 279 Å². The normalized spacial score (nSPS) is 17.9. The second-order valence-electron chi connectivity index (χ2n) is 11.8. The van der Waals surface area contributed by atoms with Gasteiger partial charge in [0, 0.05) is 63.4 Å². The molecule has 0 aliphatic carbocycles. The van der Waals surface area contributed by atoms with Crippen LogP contribution in [-0.2, 0) is 25.4 Å². The molecule has 0 unspecified atom stereocenters. The van der Waals surface area contributed by atoms with Crippen molar-refractivity contribution < 1.29 is 33.0 Å². The molecule has 1 saturated heterocycles. The number of carbonyl (C=O) groups is 3. The van der Waals surface area contributed by atoms with Crippen molar-refractivity contribution in [1.82, 2.24) is 24.7 Å². The van der Waals surface area contributed by atoms with Gasteiger partial charge in [-0.05, 0) is 53.6 Å². The molecule has 13 nitrogen and oxygen atoms in total. The van der Waals surface area contributed by atoms with Crippen LogP contribution in [-0.4, -0.2) is 70.7 Å². The van der Waals surface area contributed by atoms with Crippen molar-refractivity contribution in [2.45, 2.75) is 25.1 Å². The molecule has 1 fully saturated rings. The van der Waals surface area contributed by atoms with Gasteiger partial charge < -0.3 is 29.7 Å². The van der Waals surface area contributed by atoms with E-state index < -0.39 is 46.9 Å². The fraction of sp³-hybridized carbons (Fsp3) is 0.286. The molecule has 6 rings (SSSR count). The topological polar surface area (TPSA) is 150 Å². The Morgan fingerprint density at radius 2 is 1.76 bits per heavy atom. The molecule has 3 aromatic carbocycles. The first kappa shape index (κ1) is 33.0. The Balaban J connectivity index is 1.38. The maximum absolute atomic E-state index is 14.8. The smallest absolute Gasteiger partial charge is 0.331 e. The number of likely N-dealkylation sites (tertiary alicyclic amines) is 1. The summed E-state index contributed by atoms with van der Waals surface area (Å²) < 4.78 is 34.3. The minimum absolute atomic E-state index is 0.00174. The number of piperidine rings is 1. The molecule has 1 aromatic heterocycles. The van der Waals surface area contributed by atoms with Crippen LogP contribution in [0, 0.1) is 5.82 Å². The number of nitrogens with one attached hydrogen (secondary N) is 2. The Morgan fingerprint density at radius 3 is 2.55 bits per heavy atom. The maximum atomic E-state index is 14.8. The summed E-state index contributed by atoms with van der Waals surface area (Å²) in [6.07, 6.45) is -0.495. The highest BCUT2D eigenvalue weighted by molar-refractivity contribution is 5.97. The number of halogens is 1. The van der Waals surface area contributed by atoms with Crippen LogP contribution in [0.3, 0.4) is 0 Å². The average molecular weight is 672 g/mol. The molecule has 2 aliphatic heterocycles. The monoisotopic (exact) mass is 671 g/mol. The Kier molecular flexibility index (Phi) is 9.20. The van der Waals surface area contributed by atoms with Gasteiger partial charge in [0.15, 0.2) is 6.61 Å². The summed E-state index contributed by atoms with van der Waals surface area (Å²) in [6.45, 7) is -0.173. The number of nitrogens with zero attached hydrogens (tertiary/aromatic N) is 3. The fourth-order valence-electron chi connectivity index (χ4n) is 5.94. The molecule has 2 atom stereocenters. The molecular formula is C35H34FN5O8. The second kappa shape index (κ2) is 13.7. The lowest BCUT2D eigenvalue weighted by atomic mass is 9.99. The number of rotatable bonds is 2. The second-order valence-corrected chi connectivity index (χ2v) is 11.8. The minimum Gasteiger partial charge on any atom is -0.496 e. The van der Waals surface area contributed by atoms with Gasteiger partial charge in [-0.1, -0.05) is 12.1 Å². The van der Waals surface area contributed by atoms with Crippen LogP contribution < -0.4 is 36.1 Å². The van der Waals surface area contributed by atoms with Crippen molar-refractivity contribution in [3.63, 3.8) is 0 Å². The molecule has 254 valence electrons.